The Labute approximate surface area is 213 Å². The van der Waals surface area contributed by atoms with Crippen LogP contribution in [0.15, 0.2) is 51.2 Å². The van der Waals surface area contributed by atoms with E-state index in [-0.39, 0.29) is 15.6 Å². The molecule has 0 radical (unpaired) electrons. The highest BCUT2D eigenvalue weighted by Crippen LogP contribution is 2.40. The molecule has 0 saturated heterocycles. The maximum atomic E-state index is 13.8. The van der Waals surface area contributed by atoms with Crippen LogP contribution >= 0.6 is 23.1 Å². The third-order valence-electron chi connectivity index (χ3n) is 5.94. The van der Waals surface area contributed by atoms with Gasteiger partial charge in [0.1, 0.15) is 4.83 Å². The molecular weight excluding hydrogens is 511 g/mol. The summed E-state index contributed by atoms with van der Waals surface area (Å²) in [6.45, 7) is 7.75. The topological polar surface area (TPSA) is 78.0 Å². The maximum Gasteiger partial charge on any atom is 0.416 e. The fourth-order valence-electron chi connectivity index (χ4n) is 3.86. The normalized spacial score (nSPS) is 11.9. The van der Waals surface area contributed by atoms with E-state index >= 15 is 0 Å². The van der Waals surface area contributed by atoms with E-state index in [9.17, 15) is 28.1 Å². The van der Waals surface area contributed by atoms with Crippen molar-refractivity contribution < 1.29 is 18.1 Å². The minimum atomic E-state index is -4.73. The summed E-state index contributed by atoms with van der Waals surface area (Å²) in [6.07, 6.45) is -3.06. The van der Waals surface area contributed by atoms with E-state index in [0.29, 0.717) is 22.0 Å². The Hall–Kier alpha value is -3.18. The molecule has 0 spiro atoms. The van der Waals surface area contributed by atoms with Crippen LogP contribution < -0.4 is 5.56 Å². The van der Waals surface area contributed by atoms with E-state index < -0.39 is 22.4 Å². The smallest absolute Gasteiger partial charge is 0.268 e. The molecule has 0 aliphatic carbocycles. The summed E-state index contributed by atoms with van der Waals surface area (Å²) in [5.74, 6) is 0. The molecule has 0 aliphatic rings. The maximum absolute atomic E-state index is 13.8. The van der Waals surface area contributed by atoms with Crippen LogP contribution in [0.1, 0.15) is 40.5 Å². The second-order valence-corrected chi connectivity index (χ2v) is 10.5. The van der Waals surface area contributed by atoms with Crippen molar-refractivity contribution >= 4 is 39.0 Å². The van der Waals surface area contributed by atoms with Crippen LogP contribution in [0.4, 0.5) is 18.9 Å². The molecule has 4 rings (SSSR count). The van der Waals surface area contributed by atoms with Crippen LogP contribution in [0.2, 0.25) is 0 Å². The van der Waals surface area contributed by atoms with E-state index in [2.05, 4.69) is 0 Å². The highest BCUT2D eigenvalue weighted by atomic mass is 32.2. The molecule has 0 fully saturated rings. The summed E-state index contributed by atoms with van der Waals surface area (Å²) in [5.41, 5.74) is 1.18. The van der Waals surface area contributed by atoms with Gasteiger partial charge in [0.05, 0.1) is 26.5 Å². The average molecular weight is 534 g/mol. The van der Waals surface area contributed by atoms with Crippen LogP contribution in [-0.2, 0) is 12.6 Å². The Bertz CT molecular complexity index is 1560. The first kappa shape index (κ1) is 25.9. The van der Waals surface area contributed by atoms with Gasteiger partial charge in [0.25, 0.3) is 11.2 Å². The second-order valence-electron chi connectivity index (χ2n) is 8.42. The number of hydrogen-bond donors (Lipinski definition) is 0. The molecule has 2 aromatic heterocycles. The van der Waals surface area contributed by atoms with Crippen molar-refractivity contribution in [2.75, 3.05) is 0 Å². The van der Waals surface area contributed by atoms with Gasteiger partial charge in [-0.25, -0.2) is 4.98 Å². The lowest BCUT2D eigenvalue weighted by atomic mass is 10.1. The number of rotatable bonds is 6. The summed E-state index contributed by atoms with van der Waals surface area (Å²) >= 11 is 2.19. The first-order chi connectivity index (χ1) is 16.9. The van der Waals surface area contributed by atoms with Crippen molar-refractivity contribution in [1.29, 1.82) is 0 Å². The lowest BCUT2D eigenvalue weighted by Crippen LogP contribution is -2.21. The predicted octanol–water partition coefficient (Wildman–Crippen LogP) is 7.40. The number of halogens is 3. The zero-order chi connectivity index (χ0) is 26.4. The Kier molecular flexibility index (Phi) is 6.98. The molecule has 0 N–H and O–H groups in total. The van der Waals surface area contributed by atoms with Gasteiger partial charge in [-0.15, -0.1) is 11.3 Å². The first-order valence-electron chi connectivity index (χ1n) is 11.1. The highest BCUT2D eigenvalue weighted by molar-refractivity contribution is 7.99. The van der Waals surface area contributed by atoms with E-state index in [0.717, 1.165) is 58.3 Å². The standard InChI is InChI=1S/C25H22F3N3O3S2/c1-5-6-19-15(4)21-22(35-19)29-24(30(23(21)32)17-9-7-13(2)14(3)11-17)36-20-10-8-16(25(26,27)28)12-18(20)31(33)34/h7-12H,5-6H2,1-4H3. The number of fused-ring (bicyclic) bond motifs is 1. The van der Waals surface area contributed by atoms with Crippen LogP contribution in [0.5, 0.6) is 0 Å². The molecule has 0 amide bonds. The number of aromatic nitrogens is 2. The highest BCUT2D eigenvalue weighted by Gasteiger charge is 2.33. The molecular formula is C25H22F3N3O3S2. The number of alkyl halides is 3. The quantitative estimate of drug-likeness (QED) is 0.147. The number of nitro groups is 1. The van der Waals surface area contributed by atoms with Crippen LogP contribution in [0.25, 0.3) is 15.9 Å². The average Bonchev–Trinajstić information content (AvgIpc) is 3.11. The molecule has 188 valence electrons. The lowest BCUT2D eigenvalue weighted by molar-refractivity contribution is -0.388. The van der Waals surface area contributed by atoms with E-state index in [1.54, 1.807) is 6.07 Å². The Morgan fingerprint density at radius 1 is 1.11 bits per heavy atom. The van der Waals surface area contributed by atoms with Crippen molar-refractivity contribution in [3.8, 4) is 5.69 Å². The summed E-state index contributed by atoms with van der Waals surface area (Å²) in [4.78, 5) is 30.8. The fourth-order valence-corrected chi connectivity index (χ4v) is 6.17. The van der Waals surface area contributed by atoms with Crippen LogP contribution in [-0.4, -0.2) is 14.5 Å². The van der Waals surface area contributed by atoms with Gasteiger partial charge in [0, 0.05) is 10.9 Å². The Balaban J connectivity index is 1.98. The number of nitro benzene ring substituents is 1. The molecule has 0 aliphatic heterocycles. The van der Waals surface area contributed by atoms with Crippen LogP contribution in [0, 0.1) is 30.9 Å². The molecule has 0 saturated carbocycles. The van der Waals surface area contributed by atoms with Crippen LogP contribution in [0.3, 0.4) is 0 Å². The van der Waals surface area contributed by atoms with Gasteiger partial charge in [0.2, 0.25) is 0 Å². The zero-order valence-corrected chi connectivity index (χ0v) is 21.5. The molecule has 2 heterocycles. The molecule has 11 heteroatoms. The van der Waals surface area contributed by atoms with E-state index in [1.807, 2.05) is 39.8 Å². The number of nitrogens with zero attached hydrogens (tertiary/aromatic N) is 3. The summed E-state index contributed by atoms with van der Waals surface area (Å²) in [5, 5.41) is 12.3. The summed E-state index contributed by atoms with van der Waals surface area (Å²) < 4.78 is 41.0. The molecule has 2 aromatic carbocycles. The number of thiophene rings is 1. The summed E-state index contributed by atoms with van der Waals surface area (Å²) in [7, 11) is 0. The van der Waals surface area contributed by atoms with Gasteiger partial charge in [-0.05, 0) is 79.9 Å². The minimum absolute atomic E-state index is 0.0427. The molecule has 0 unspecified atom stereocenters. The zero-order valence-electron chi connectivity index (χ0n) is 19.9. The van der Waals surface area contributed by atoms with Crippen molar-refractivity contribution in [3.05, 3.63) is 84.0 Å². The molecule has 0 bridgehead atoms. The number of aryl methyl sites for hydroxylation is 4. The van der Waals surface area contributed by atoms with Crippen molar-refractivity contribution in [1.82, 2.24) is 9.55 Å². The van der Waals surface area contributed by atoms with Gasteiger partial charge >= 0.3 is 6.18 Å². The van der Waals surface area contributed by atoms with Crippen molar-refractivity contribution in [2.24, 2.45) is 0 Å². The van der Waals surface area contributed by atoms with Gasteiger partial charge in [-0.3, -0.25) is 19.5 Å². The Morgan fingerprint density at radius 3 is 2.44 bits per heavy atom. The predicted molar refractivity (Wildman–Crippen MR) is 136 cm³/mol. The largest absolute Gasteiger partial charge is 0.416 e. The van der Waals surface area contributed by atoms with Gasteiger partial charge in [-0.1, -0.05) is 19.4 Å². The van der Waals surface area contributed by atoms with Gasteiger partial charge in [-0.2, -0.15) is 13.2 Å². The van der Waals surface area contributed by atoms with Crippen molar-refractivity contribution in [2.45, 2.75) is 56.8 Å². The molecule has 0 atom stereocenters. The van der Waals surface area contributed by atoms with E-state index in [1.165, 1.54) is 15.9 Å². The molecule has 36 heavy (non-hydrogen) atoms. The lowest BCUT2D eigenvalue weighted by Gasteiger charge is -2.14. The Morgan fingerprint density at radius 2 is 1.83 bits per heavy atom. The number of benzene rings is 2. The van der Waals surface area contributed by atoms with E-state index in [4.69, 9.17) is 4.98 Å². The third kappa shape index (κ3) is 4.77. The van der Waals surface area contributed by atoms with Gasteiger partial charge in [0.15, 0.2) is 5.16 Å². The molecule has 4 aromatic rings. The third-order valence-corrected chi connectivity index (χ3v) is 8.21. The number of hydrogen-bond acceptors (Lipinski definition) is 6. The monoisotopic (exact) mass is 533 g/mol. The summed E-state index contributed by atoms with van der Waals surface area (Å²) in [6, 6.07) is 7.80. The minimum Gasteiger partial charge on any atom is -0.268 e. The molecule has 6 nitrogen and oxygen atoms in total. The first-order valence-corrected chi connectivity index (χ1v) is 12.7. The van der Waals surface area contributed by atoms with Gasteiger partial charge < -0.3 is 0 Å². The second kappa shape index (κ2) is 9.70. The van der Waals surface area contributed by atoms with Crippen molar-refractivity contribution in [3.63, 3.8) is 0 Å². The fraction of sp³-hybridized carbons (Fsp3) is 0.280. The SMILES string of the molecule is CCCc1sc2nc(Sc3ccc(C(F)(F)F)cc3[N+](=O)[O-])n(-c3ccc(C)c(C)c3)c(=O)c2c1C.